The van der Waals surface area contributed by atoms with Crippen molar-refractivity contribution in [3.05, 3.63) is 5.57 Å². The van der Waals surface area contributed by atoms with Crippen molar-refractivity contribution in [2.75, 3.05) is 7.11 Å². The first-order valence-corrected chi connectivity index (χ1v) is 12.3. The highest BCUT2D eigenvalue weighted by molar-refractivity contribution is 5.74. The van der Waals surface area contributed by atoms with Crippen molar-refractivity contribution >= 4 is 11.9 Å². The first kappa shape index (κ1) is 22.1. The van der Waals surface area contributed by atoms with Crippen LogP contribution in [0.2, 0.25) is 0 Å². The fraction of sp³-hybridized carbons (Fsp3) is 0.885. The zero-order chi connectivity index (χ0) is 21.7. The van der Waals surface area contributed by atoms with Gasteiger partial charge < -0.3 is 9.84 Å². The van der Waals surface area contributed by atoms with E-state index in [0.717, 1.165) is 24.8 Å². The van der Waals surface area contributed by atoms with Crippen LogP contribution in [0.4, 0.5) is 0 Å². The van der Waals surface area contributed by atoms with E-state index in [0.29, 0.717) is 41.4 Å². The number of hydrogen-bond acceptors (Lipinski definition) is 4. The Kier molecular flexibility index (Phi) is 5.96. The number of aliphatic hydroxyl groups is 1. The molecule has 3 unspecified atom stereocenters. The number of allylic oxidation sites excluding steroid dienone is 1. The molecule has 0 aromatic carbocycles. The molecular formula is C26H40O4. The van der Waals surface area contributed by atoms with Gasteiger partial charge in [-0.05, 0) is 97.7 Å². The molecule has 0 aliphatic heterocycles. The summed E-state index contributed by atoms with van der Waals surface area (Å²) in [4.78, 5) is 23.9. The average molecular weight is 417 g/mol. The number of rotatable bonds is 4. The van der Waals surface area contributed by atoms with Gasteiger partial charge in [0, 0.05) is 5.57 Å². The first-order chi connectivity index (χ1) is 14.3. The van der Waals surface area contributed by atoms with Gasteiger partial charge >= 0.3 is 5.97 Å². The predicted octanol–water partition coefficient (Wildman–Crippen LogP) is 4.96. The minimum Gasteiger partial charge on any atom is -0.467 e. The summed E-state index contributed by atoms with van der Waals surface area (Å²) in [5, 5.41) is 10.2. The number of fused-ring (bicyclic) bond motifs is 5. The molecule has 30 heavy (non-hydrogen) atoms. The maximum absolute atomic E-state index is 12.1. The molecule has 0 amide bonds. The van der Waals surface area contributed by atoms with Gasteiger partial charge in [-0.1, -0.05) is 33.6 Å². The van der Waals surface area contributed by atoms with E-state index in [-0.39, 0.29) is 11.3 Å². The van der Waals surface area contributed by atoms with Gasteiger partial charge in [0.15, 0.2) is 6.10 Å². The molecule has 0 spiro atoms. The third kappa shape index (κ3) is 3.30. The molecule has 0 saturated heterocycles. The summed E-state index contributed by atoms with van der Waals surface area (Å²) < 4.78 is 4.73. The van der Waals surface area contributed by atoms with Gasteiger partial charge in [-0.3, -0.25) is 0 Å². The number of ether oxygens (including phenoxy) is 1. The smallest absolute Gasteiger partial charge is 0.334 e. The van der Waals surface area contributed by atoms with Crippen LogP contribution in [0, 0.1) is 46.3 Å². The molecule has 0 bridgehead atoms. The molecule has 0 heterocycles. The van der Waals surface area contributed by atoms with Crippen molar-refractivity contribution in [1.82, 2.24) is 0 Å². The monoisotopic (exact) mass is 416 g/mol. The molecule has 0 aromatic heterocycles. The summed E-state index contributed by atoms with van der Waals surface area (Å²) in [6.45, 7) is 7.15. The molecule has 168 valence electrons. The minimum absolute atomic E-state index is 0.177. The first-order valence-electron chi connectivity index (χ1n) is 12.3. The fourth-order valence-corrected chi connectivity index (χ4v) is 8.85. The number of esters is 1. The Bertz CT molecular complexity index is 725. The highest BCUT2D eigenvalue weighted by atomic mass is 16.5. The van der Waals surface area contributed by atoms with Gasteiger partial charge in [-0.25, -0.2) is 9.59 Å². The molecule has 0 radical (unpaired) electrons. The lowest BCUT2D eigenvalue weighted by Crippen LogP contribution is -2.54. The van der Waals surface area contributed by atoms with Crippen molar-refractivity contribution in [3.63, 3.8) is 0 Å². The largest absolute Gasteiger partial charge is 0.467 e. The molecular weight excluding hydrogens is 376 g/mol. The van der Waals surface area contributed by atoms with Crippen LogP contribution in [-0.4, -0.2) is 30.2 Å². The number of methoxy groups -OCH3 is 1. The topological polar surface area (TPSA) is 63.6 Å². The molecule has 4 saturated carbocycles. The van der Waals surface area contributed by atoms with Gasteiger partial charge in [0.1, 0.15) is 5.94 Å². The van der Waals surface area contributed by atoms with Crippen LogP contribution in [0.3, 0.4) is 0 Å². The van der Waals surface area contributed by atoms with E-state index in [2.05, 4.69) is 26.7 Å². The summed E-state index contributed by atoms with van der Waals surface area (Å²) in [5.74, 6) is 4.88. The van der Waals surface area contributed by atoms with Gasteiger partial charge in [0.05, 0.1) is 7.11 Å². The summed E-state index contributed by atoms with van der Waals surface area (Å²) >= 11 is 0. The van der Waals surface area contributed by atoms with E-state index >= 15 is 0 Å². The Hall–Kier alpha value is -1.12. The highest BCUT2D eigenvalue weighted by Crippen LogP contribution is 2.69. The highest BCUT2D eigenvalue weighted by Gasteiger charge is 2.61. The number of aliphatic hydroxyl groups excluding tert-OH is 1. The van der Waals surface area contributed by atoms with Crippen LogP contribution in [0.25, 0.3) is 0 Å². The van der Waals surface area contributed by atoms with Gasteiger partial charge in [-0.15, -0.1) is 0 Å². The van der Waals surface area contributed by atoms with Crippen LogP contribution in [0.5, 0.6) is 0 Å². The Morgan fingerprint density at radius 2 is 1.87 bits per heavy atom. The lowest BCUT2D eigenvalue weighted by atomic mass is 9.43. The lowest BCUT2D eigenvalue weighted by Gasteiger charge is -2.60. The Labute approximate surface area is 181 Å². The second-order valence-electron chi connectivity index (χ2n) is 11.5. The van der Waals surface area contributed by atoms with Crippen LogP contribution in [-0.2, 0) is 14.3 Å². The zero-order valence-corrected chi connectivity index (χ0v) is 19.3. The van der Waals surface area contributed by atoms with Crippen molar-refractivity contribution in [3.8, 4) is 0 Å². The van der Waals surface area contributed by atoms with Crippen LogP contribution < -0.4 is 0 Å². The number of carbonyl (C=O) groups excluding carboxylic acids is 2. The summed E-state index contributed by atoms with van der Waals surface area (Å²) in [7, 11) is 1.33. The molecule has 4 fully saturated rings. The third-order valence-corrected chi connectivity index (χ3v) is 10.4. The Morgan fingerprint density at radius 1 is 1.13 bits per heavy atom. The molecule has 1 N–H and O–H groups in total. The summed E-state index contributed by atoms with van der Waals surface area (Å²) in [6.07, 6.45) is 10.3. The van der Waals surface area contributed by atoms with E-state index < -0.39 is 12.1 Å². The summed E-state index contributed by atoms with van der Waals surface area (Å²) in [5.41, 5.74) is 1.65. The molecule has 4 aliphatic carbocycles. The van der Waals surface area contributed by atoms with Crippen LogP contribution in [0.1, 0.15) is 85.0 Å². The van der Waals surface area contributed by atoms with Crippen molar-refractivity contribution < 1.29 is 19.4 Å². The number of carbonyl (C=O) groups is 1. The maximum Gasteiger partial charge on any atom is 0.334 e. The van der Waals surface area contributed by atoms with Crippen molar-refractivity contribution in [1.29, 1.82) is 0 Å². The molecule has 4 heteroatoms. The molecule has 0 aromatic rings. The van der Waals surface area contributed by atoms with E-state index in [9.17, 15) is 14.7 Å². The molecule has 4 rings (SSSR count). The predicted molar refractivity (Wildman–Crippen MR) is 116 cm³/mol. The van der Waals surface area contributed by atoms with Gasteiger partial charge in [0.2, 0.25) is 0 Å². The standard InChI is InChI=1S/C26H40O4/c1-16(13-22(28)24(29)30-4)19-8-9-20-23-17(15-27)14-18-7-5-6-11-25(18,2)21(23)10-12-26(19,20)3/h16,18-23,28H,5-14H2,1-4H3/t16?,18?,19-,20+,21+,22?,23+,25+,26-/m1/s1. The van der Waals surface area contributed by atoms with Crippen LogP contribution >= 0.6 is 0 Å². The number of hydrogen-bond donors (Lipinski definition) is 1. The van der Waals surface area contributed by atoms with E-state index in [1.807, 2.05) is 0 Å². The minimum atomic E-state index is -1.04. The van der Waals surface area contributed by atoms with Gasteiger partial charge in [0.25, 0.3) is 0 Å². The average Bonchev–Trinajstić information content (AvgIpc) is 3.09. The van der Waals surface area contributed by atoms with Crippen molar-refractivity contribution in [2.45, 2.75) is 91.1 Å². The Morgan fingerprint density at radius 3 is 2.57 bits per heavy atom. The second-order valence-corrected chi connectivity index (χ2v) is 11.5. The second kappa shape index (κ2) is 8.10. The Balaban J connectivity index is 1.59. The van der Waals surface area contributed by atoms with E-state index in [4.69, 9.17) is 4.74 Å². The van der Waals surface area contributed by atoms with Crippen LogP contribution in [0.15, 0.2) is 5.57 Å². The normalized spacial score (nSPS) is 44.8. The fourth-order valence-electron chi connectivity index (χ4n) is 8.85. The molecule has 4 aliphatic rings. The molecule has 9 atom stereocenters. The van der Waals surface area contributed by atoms with E-state index in [1.165, 1.54) is 45.6 Å². The lowest BCUT2D eigenvalue weighted by molar-refractivity contribution is -0.152. The quantitative estimate of drug-likeness (QED) is 0.519. The third-order valence-electron chi connectivity index (χ3n) is 10.4. The maximum atomic E-state index is 12.1. The zero-order valence-electron chi connectivity index (χ0n) is 19.3. The van der Waals surface area contributed by atoms with Gasteiger partial charge in [-0.2, -0.15) is 0 Å². The van der Waals surface area contributed by atoms with E-state index in [1.54, 1.807) is 0 Å². The SMILES string of the molecule is COC(=O)C(O)CC(C)[C@H]1CC[C@H]2[C@@H]3C(=C=O)CC4CCCC[C@]4(C)[C@H]3CC[C@]12C. The molecule has 4 nitrogen and oxygen atoms in total. The van der Waals surface area contributed by atoms with Crippen molar-refractivity contribution in [2.24, 2.45) is 46.3 Å². The summed E-state index contributed by atoms with van der Waals surface area (Å²) in [6, 6.07) is 0.